The van der Waals surface area contributed by atoms with Crippen LogP contribution >= 0.6 is 23.7 Å². The number of nitrogens with zero attached hydrogens (tertiary/aromatic N) is 2. The van der Waals surface area contributed by atoms with Gasteiger partial charge in [-0.25, -0.2) is 0 Å². The number of thiophene rings is 1. The lowest BCUT2D eigenvalue weighted by Crippen LogP contribution is -2.44. The fourth-order valence-corrected chi connectivity index (χ4v) is 4.59. The molecule has 2 saturated heterocycles. The molecule has 4 rings (SSSR count). The minimum Gasteiger partial charge on any atom is -0.338 e. The highest BCUT2D eigenvalue weighted by atomic mass is 35.5. The smallest absolute Gasteiger partial charge is 0.270 e. The van der Waals surface area contributed by atoms with Crippen LogP contribution in [0.4, 0.5) is 0 Å². The number of rotatable bonds is 3. The van der Waals surface area contributed by atoms with Crippen LogP contribution in [-0.2, 0) is 6.54 Å². The summed E-state index contributed by atoms with van der Waals surface area (Å²) in [5, 5.41) is 5.57. The average Bonchev–Trinajstić information content (AvgIpc) is 3.31. The lowest BCUT2D eigenvalue weighted by molar-refractivity contribution is 0.0598. The van der Waals surface area contributed by atoms with Crippen molar-refractivity contribution in [2.24, 2.45) is 5.41 Å². The molecule has 2 aliphatic rings. The van der Waals surface area contributed by atoms with E-state index in [2.05, 4.69) is 27.4 Å². The predicted molar refractivity (Wildman–Crippen MR) is 100 cm³/mol. The first-order chi connectivity index (χ1) is 11.3. The van der Waals surface area contributed by atoms with Crippen molar-refractivity contribution in [3.63, 3.8) is 0 Å². The number of likely N-dealkylation sites (tertiary alicyclic amines) is 1. The largest absolute Gasteiger partial charge is 0.338 e. The minimum atomic E-state index is 0. The molecule has 0 saturated carbocycles. The zero-order chi connectivity index (χ0) is 15.7. The summed E-state index contributed by atoms with van der Waals surface area (Å²) in [6, 6.07) is 8.12. The maximum absolute atomic E-state index is 12.9. The monoisotopic (exact) mass is 365 g/mol. The molecule has 24 heavy (non-hydrogen) atoms. The summed E-state index contributed by atoms with van der Waals surface area (Å²) in [7, 11) is 0. The van der Waals surface area contributed by atoms with Gasteiger partial charge in [-0.15, -0.1) is 23.7 Å². The molecule has 2 fully saturated rings. The van der Waals surface area contributed by atoms with Gasteiger partial charge >= 0.3 is 0 Å². The number of aromatic nitrogens is 1. The zero-order valence-corrected chi connectivity index (χ0v) is 15.4. The van der Waals surface area contributed by atoms with Gasteiger partial charge in [0.05, 0.1) is 6.54 Å². The number of amides is 1. The second kappa shape index (κ2) is 7.30. The third kappa shape index (κ3) is 3.39. The number of halogens is 1. The van der Waals surface area contributed by atoms with Gasteiger partial charge < -0.3 is 14.8 Å². The molecular formula is C18H24ClN3OS. The van der Waals surface area contributed by atoms with Crippen molar-refractivity contribution < 1.29 is 4.79 Å². The van der Waals surface area contributed by atoms with Crippen LogP contribution in [0.25, 0.3) is 0 Å². The normalized spacial score (nSPS) is 19.4. The molecule has 2 aromatic heterocycles. The van der Waals surface area contributed by atoms with Gasteiger partial charge in [0, 0.05) is 30.7 Å². The first-order valence-corrected chi connectivity index (χ1v) is 9.31. The first kappa shape index (κ1) is 17.5. The van der Waals surface area contributed by atoms with Gasteiger partial charge in [-0.05, 0) is 54.8 Å². The maximum atomic E-state index is 12.9. The lowest BCUT2D eigenvalue weighted by atomic mass is 9.78. The highest BCUT2D eigenvalue weighted by molar-refractivity contribution is 7.09. The predicted octanol–water partition coefficient (Wildman–Crippen LogP) is 3.24. The Kier molecular flexibility index (Phi) is 5.33. The van der Waals surface area contributed by atoms with Gasteiger partial charge in [-0.3, -0.25) is 4.79 Å². The van der Waals surface area contributed by atoms with Crippen molar-refractivity contribution in [3.8, 4) is 0 Å². The number of carbonyl (C=O) groups excluding carboxylic acids is 1. The highest BCUT2D eigenvalue weighted by Gasteiger charge is 2.38. The van der Waals surface area contributed by atoms with Gasteiger partial charge in [0.2, 0.25) is 0 Å². The molecule has 1 N–H and O–H groups in total. The third-order valence-corrected chi connectivity index (χ3v) is 6.26. The Labute approximate surface area is 153 Å². The molecule has 6 heteroatoms. The molecule has 4 heterocycles. The van der Waals surface area contributed by atoms with Gasteiger partial charge in [-0.1, -0.05) is 6.07 Å². The molecule has 2 aliphatic heterocycles. The molecule has 1 amide bonds. The zero-order valence-electron chi connectivity index (χ0n) is 13.7. The second-order valence-electron chi connectivity index (χ2n) is 6.82. The number of piperidine rings is 1. The topological polar surface area (TPSA) is 37.3 Å². The Bertz CT molecular complexity index is 666. The average molecular weight is 366 g/mol. The lowest BCUT2D eigenvalue weighted by Gasteiger charge is -2.38. The van der Waals surface area contributed by atoms with E-state index in [0.29, 0.717) is 5.41 Å². The molecule has 0 unspecified atom stereocenters. The van der Waals surface area contributed by atoms with E-state index in [9.17, 15) is 4.79 Å². The molecular weight excluding hydrogens is 342 g/mol. The third-order valence-electron chi connectivity index (χ3n) is 5.40. The van der Waals surface area contributed by atoms with E-state index in [1.165, 1.54) is 11.3 Å². The standard InChI is InChI=1S/C18H23N3OS.ClH/c22-17(20-10-6-18(7-11-20)5-8-19-14-18)16-4-1-9-21(16)13-15-3-2-12-23-15;/h1-4,9,12,19H,5-8,10-11,13-14H2;1H. The van der Waals surface area contributed by atoms with Crippen LogP contribution in [0.5, 0.6) is 0 Å². The SMILES string of the molecule is Cl.O=C(c1cccn1Cc1cccs1)N1CCC2(CCNC2)CC1. The summed E-state index contributed by atoms with van der Waals surface area (Å²) in [6.45, 7) is 4.84. The van der Waals surface area contributed by atoms with Crippen LogP contribution in [0.2, 0.25) is 0 Å². The van der Waals surface area contributed by atoms with Crippen LogP contribution in [0.1, 0.15) is 34.6 Å². The summed E-state index contributed by atoms with van der Waals surface area (Å²) >= 11 is 1.74. The number of carbonyl (C=O) groups is 1. The van der Waals surface area contributed by atoms with E-state index in [0.717, 1.165) is 51.3 Å². The summed E-state index contributed by atoms with van der Waals surface area (Å²) in [5.74, 6) is 0.187. The van der Waals surface area contributed by atoms with Gasteiger partial charge in [0.1, 0.15) is 5.69 Å². The Morgan fingerprint density at radius 2 is 2.04 bits per heavy atom. The fourth-order valence-electron chi connectivity index (χ4n) is 3.88. The van der Waals surface area contributed by atoms with Crippen LogP contribution in [-0.4, -0.2) is 41.6 Å². The molecule has 0 aliphatic carbocycles. The van der Waals surface area contributed by atoms with Crippen molar-refractivity contribution in [1.82, 2.24) is 14.8 Å². The van der Waals surface area contributed by atoms with E-state index in [1.54, 1.807) is 11.3 Å². The number of hydrogen-bond donors (Lipinski definition) is 1. The summed E-state index contributed by atoms with van der Waals surface area (Å²) in [4.78, 5) is 16.2. The van der Waals surface area contributed by atoms with Crippen molar-refractivity contribution in [3.05, 3.63) is 46.4 Å². The molecule has 0 aromatic carbocycles. The van der Waals surface area contributed by atoms with Gasteiger partial charge in [0.25, 0.3) is 5.91 Å². The van der Waals surface area contributed by atoms with Crippen molar-refractivity contribution >= 4 is 29.7 Å². The minimum absolute atomic E-state index is 0. The molecule has 1 spiro atoms. The van der Waals surface area contributed by atoms with E-state index in [1.807, 2.05) is 23.2 Å². The second-order valence-corrected chi connectivity index (χ2v) is 7.85. The van der Waals surface area contributed by atoms with Crippen molar-refractivity contribution in [1.29, 1.82) is 0 Å². The molecule has 0 bridgehead atoms. The molecule has 130 valence electrons. The van der Waals surface area contributed by atoms with Gasteiger partial charge in [0.15, 0.2) is 0 Å². The quantitative estimate of drug-likeness (QED) is 0.906. The Morgan fingerprint density at radius 1 is 1.21 bits per heavy atom. The van der Waals surface area contributed by atoms with Crippen LogP contribution in [0.15, 0.2) is 35.8 Å². The van der Waals surface area contributed by atoms with E-state index >= 15 is 0 Å². The molecule has 0 atom stereocenters. The van der Waals surface area contributed by atoms with Crippen molar-refractivity contribution in [2.75, 3.05) is 26.2 Å². The summed E-state index contributed by atoms with van der Waals surface area (Å²) in [5.41, 5.74) is 1.27. The first-order valence-electron chi connectivity index (χ1n) is 8.43. The van der Waals surface area contributed by atoms with E-state index in [-0.39, 0.29) is 18.3 Å². The summed E-state index contributed by atoms with van der Waals surface area (Å²) < 4.78 is 2.08. The van der Waals surface area contributed by atoms with Crippen molar-refractivity contribution in [2.45, 2.75) is 25.8 Å². The Morgan fingerprint density at radius 3 is 2.71 bits per heavy atom. The number of nitrogens with one attached hydrogen (secondary N) is 1. The van der Waals surface area contributed by atoms with Crippen LogP contribution in [0, 0.1) is 5.41 Å². The van der Waals surface area contributed by atoms with E-state index in [4.69, 9.17) is 0 Å². The molecule has 4 nitrogen and oxygen atoms in total. The molecule has 2 aromatic rings. The van der Waals surface area contributed by atoms with E-state index < -0.39 is 0 Å². The Hall–Kier alpha value is -1.30. The highest BCUT2D eigenvalue weighted by Crippen LogP contribution is 2.37. The summed E-state index contributed by atoms with van der Waals surface area (Å²) in [6.07, 6.45) is 5.55. The van der Waals surface area contributed by atoms with Crippen LogP contribution in [0.3, 0.4) is 0 Å². The fraction of sp³-hybridized carbons (Fsp3) is 0.500. The number of hydrogen-bond acceptors (Lipinski definition) is 3. The molecule has 0 radical (unpaired) electrons. The van der Waals surface area contributed by atoms with Gasteiger partial charge in [-0.2, -0.15) is 0 Å². The van der Waals surface area contributed by atoms with Crippen LogP contribution < -0.4 is 5.32 Å². The Balaban J connectivity index is 0.00000169. The maximum Gasteiger partial charge on any atom is 0.270 e.